The Morgan fingerprint density at radius 1 is 1.61 bits per heavy atom. The first kappa shape index (κ1) is 15.1. The Hall–Kier alpha value is -0.940. The molecule has 1 unspecified atom stereocenters. The van der Waals surface area contributed by atoms with E-state index in [0.29, 0.717) is 16.4 Å². The number of rotatable bonds is 6. The van der Waals surface area contributed by atoms with Crippen LogP contribution in [0.4, 0.5) is 5.82 Å². The van der Waals surface area contributed by atoms with Gasteiger partial charge in [-0.1, -0.05) is 18.5 Å². The number of hydrogen-bond donors (Lipinski definition) is 2. The number of anilines is 1. The van der Waals surface area contributed by atoms with E-state index in [2.05, 4.69) is 22.5 Å². The van der Waals surface area contributed by atoms with Crippen LogP contribution < -0.4 is 10.6 Å². The van der Waals surface area contributed by atoms with Gasteiger partial charge in [0.05, 0.1) is 10.6 Å². The molecule has 2 N–H and O–H groups in total. The SMILES string of the molecule is CCSCC(C)NC(=O)c1cnc(NC)c(Cl)c1. The third-order valence-corrected chi connectivity index (χ3v) is 3.72. The standard InChI is InChI=1S/C12H18ClN3OS/c1-4-18-7-8(2)16-12(17)9-5-10(13)11(14-3)15-6-9/h5-6,8H,4,7H2,1-3H3,(H,14,15)(H,16,17). The summed E-state index contributed by atoms with van der Waals surface area (Å²) in [4.78, 5) is 16.0. The van der Waals surface area contributed by atoms with Crippen molar-refractivity contribution in [2.24, 2.45) is 0 Å². The first-order valence-electron chi connectivity index (χ1n) is 5.80. The predicted octanol–water partition coefficient (Wildman–Crippen LogP) is 2.65. The van der Waals surface area contributed by atoms with Crippen molar-refractivity contribution in [1.82, 2.24) is 10.3 Å². The van der Waals surface area contributed by atoms with E-state index in [4.69, 9.17) is 11.6 Å². The molecular formula is C12H18ClN3OS. The van der Waals surface area contributed by atoms with Crippen LogP contribution in [0.3, 0.4) is 0 Å². The Bertz CT molecular complexity index is 414. The van der Waals surface area contributed by atoms with Crippen molar-refractivity contribution in [2.45, 2.75) is 19.9 Å². The Kier molecular flexibility index (Phi) is 6.29. The molecule has 1 aromatic heterocycles. The van der Waals surface area contributed by atoms with Crippen molar-refractivity contribution < 1.29 is 4.79 Å². The molecule has 18 heavy (non-hydrogen) atoms. The number of thioether (sulfide) groups is 1. The van der Waals surface area contributed by atoms with Gasteiger partial charge in [-0.15, -0.1) is 0 Å². The van der Waals surface area contributed by atoms with Crippen LogP contribution >= 0.6 is 23.4 Å². The lowest BCUT2D eigenvalue weighted by Crippen LogP contribution is -2.34. The van der Waals surface area contributed by atoms with Crippen LogP contribution in [0, 0.1) is 0 Å². The summed E-state index contributed by atoms with van der Waals surface area (Å²) >= 11 is 7.78. The maximum atomic E-state index is 11.9. The fraction of sp³-hybridized carbons (Fsp3) is 0.500. The minimum Gasteiger partial charge on any atom is -0.372 e. The first-order valence-corrected chi connectivity index (χ1v) is 7.33. The van der Waals surface area contributed by atoms with Crippen LogP contribution in [-0.2, 0) is 0 Å². The molecule has 1 heterocycles. The van der Waals surface area contributed by atoms with Gasteiger partial charge in [0.2, 0.25) is 0 Å². The fourth-order valence-corrected chi connectivity index (χ4v) is 2.32. The number of amides is 1. The molecule has 0 saturated heterocycles. The highest BCUT2D eigenvalue weighted by atomic mass is 35.5. The molecule has 0 radical (unpaired) electrons. The molecule has 1 aromatic rings. The molecule has 4 nitrogen and oxygen atoms in total. The molecule has 1 atom stereocenters. The van der Waals surface area contributed by atoms with Crippen molar-refractivity contribution in [3.8, 4) is 0 Å². The zero-order chi connectivity index (χ0) is 13.5. The lowest BCUT2D eigenvalue weighted by molar-refractivity contribution is 0.0943. The molecular weight excluding hydrogens is 270 g/mol. The summed E-state index contributed by atoms with van der Waals surface area (Å²) in [7, 11) is 1.73. The molecule has 0 fully saturated rings. The fourth-order valence-electron chi connectivity index (χ4n) is 1.39. The van der Waals surface area contributed by atoms with Gasteiger partial charge in [0.1, 0.15) is 5.82 Å². The summed E-state index contributed by atoms with van der Waals surface area (Å²) < 4.78 is 0. The number of pyridine rings is 1. The second kappa shape index (κ2) is 7.48. The van der Waals surface area contributed by atoms with Crippen LogP contribution in [0.5, 0.6) is 0 Å². The number of nitrogens with zero attached hydrogens (tertiary/aromatic N) is 1. The molecule has 100 valence electrons. The molecule has 0 spiro atoms. The lowest BCUT2D eigenvalue weighted by Gasteiger charge is -2.13. The summed E-state index contributed by atoms with van der Waals surface area (Å²) in [6.07, 6.45) is 1.52. The molecule has 0 aromatic carbocycles. The zero-order valence-corrected chi connectivity index (χ0v) is 12.4. The zero-order valence-electron chi connectivity index (χ0n) is 10.8. The quantitative estimate of drug-likeness (QED) is 0.845. The summed E-state index contributed by atoms with van der Waals surface area (Å²) in [5, 5.41) is 6.21. The van der Waals surface area contributed by atoms with Crippen LogP contribution in [0.2, 0.25) is 5.02 Å². The molecule has 1 amide bonds. The highest BCUT2D eigenvalue weighted by Gasteiger charge is 2.12. The average Bonchev–Trinajstić information content (AvgIpc) is 2.36. The topological polar surface area (TPSA) is 54.0 Å². The summed E-state index contributed by atoms with van der Waals surface area (Å²) in [5.41, 5.74) is 0.479. The number of nitrogens with one attached hydrogen (secondary N) is 2. The van der Waals surface area contributed by atoms with Gasteiger partial charge < -0.3 is 10.6 Å². The molecule has 0 aliphatic rings. The number of carbonyl (C=O) groups is 1. The van der Waals surface area contributed by atoms with Gasteiger partial charge in [-0.05, 0) is 18.7 Å². The van der Waals surface area contributed by atoms with Gasteiger partial charge in [-0.2, -0.15) is 11.8 Å². The Labute approximate surface area is 117 Å². The van der Waals surface area contributed by atoms with E-state index in [1.54, 1.807) is 24.9 Å². The van der Waals surface area contributed by atoms with E-state index in [1.165, 1.54) is 6.20 Å². The Morgan fingerprint density at radius 3 is 2.89 bits per heavy atom. The van der Waals surface area contributed by atoms with Crippen molar-refractivity contribution in [3.05, 3.63) is 22.8 Å². The number of aromatic nitrogens is 1. The average molecular weight is 288 g/mol. The van der Waals surface area contributed by atoms with Gasteiger partial charge in [-0.25, -0.2) is 4.98 Å². The second-order valence-corrected chi connectivity index (χ2v) is 5.56. The van der Waals surface area contributed by atoms with Gasteiger partial charge in [-0.3, -0.25) is 4.79 Å². The van der Waals surface area contributed by atoms with E-state index in [0.717, 1.165) is 11.5 Å². The molecule has 0 aliphatic carbocycles. The van der Waals surface area contributed by atoms with Gasteiger partial charge >= 0.3 is 0 Å². The Morgan fingerprint density at radius 2 is 2.33 bits per heavy atom. The number of hydrogen-bond acceptors (Lipinski definition) is 4. The highest BCUT2D eigenvalue weighted by molar-refractivity contribution is 7.99. The third-order valence-electron chi connectivity index (χ3n) is 2.29. The van der Waals surface area contributed by atoms with Crippen molar-refractivity contribution in [3.63, 3.8) is 0 Å². The van der Waals surface area contributed by atoms with Crippen molar-refractivity contribution >= 4 is 35.1 Å². The summed E-state index contributed by atoms with van der Waals surface area (Å²) in [6, 6.07) is 1.75. The number of halogens is 1. The van der Waals surface area contributed by atoms with E-state index in [-0.39, 0.29) is 11.9 Å². The van der Waals surface area contributed by atoms with Crippen LogP contribution in [-0.4, -0.2) is 35.5 Å². The van der Waals surface area contributed by atoms with Crippen LogP contribution in [0.15, 0.2) is 12.3 Å². The molecule has 0 aliphatic heterocycles. The summed E-state index contributed by atoms with van der Waals surface area (Å²) in [5.74, 6) is 2.38. The minimum atomic E-state index is -0.142. The Balaban J connectivity index is 2.64. The second-order valence-electron chi connectivity index (χ2n) is 3.84. The van der Waals surface area contributed by atoms with E-state index in [9.17, 15) is 4.79 Å². The lowest BCUT2D eigenvalue weighted by atomic mass is 10.2. The van der Waals surface area contributed by atoms with Crippen LogP contribution in [0.1, 0.15) is 24.2 Å². The monoisotopic (exact) mass is 287 g/mol. The minimum absolute atomic E-state index is 0.130. The van der Waals surface area contributed by atoms with E-state index < -0.39 is 0 Å². The van der Waals surface area contributed by atoms with E-state index >= 15 is 0 Å². The van der Waals surface area contributed by atoms with Gasteiger partial charge in [0.25, 0.3) is 5.91 Å². The van der Waals surface area contributed by atoms with Crippen LogP contribution in [0.25, 0.3) is 0 Å². The normalized spacial score (nSPS) is 12.0. The number of carbonyl (C=O) groups excluding carboxylic acids is 1. The smallest absolute Gasteiger partial charge is 0.253 e. The highest BCUT2D eigenvalue weighted by Crippen LogP contribution is 2.19. The molecule has 1 rings (SSSR count). The van der Waals surface area contributed by atoms with Gasteiger partial charge in [0.15, 0.2) is 0 Å². The largest absolute Gasteiger partial charge is 0.372 e. The molecule has 0 bridgehead atoms. The maximum Gasteiger partial charge on any atom is 0.253 e. The van der Waals surface area contributed by atoms with E-state index in [1.807, 2.05) is 6.92 Å². The van der Waals surface area contributed by atoms with Crippen molar-refractivity contribution in [2.75, 3.05) is 23.9 Å². The predicted molar refractivity (Wildman–Crippen MR) is 78.7 cm³/mol. The first-order chi connectivity index (χ1) is 8.58. The molecule has 0 saturated carbocycles. The maximum absolute atomic E-state index is 11.9. The molecule has 6 heteroatoms. The summed E-state index contributed by atoms with van der Waals surface area (Å²) in [6.45, 7) is 4.08. The third kappa shape index (κ3) is 4.38. The van der Waals surface area contributed by atoms with Crippen molar-refractivity contribution in [1.29, 1.82) is 0 Å². The van der Waals surface area contributed by atoms with Gasteiger partial charge in [0, 0.05) is 25.0 Å².